The lowest BCUT2D eigenvalue weighted by Crippen LogP contribution is -2.32. The van der Waals surface area contributed by atoms with E-state index in [1.54, 1.807) is 0 Å². The van der Waals surface area contributed by atoms with Crippen molar-refractivity contribution < 1.29 is 4.74 Å². The van der Waals surface area contributed by atoms with Gasteiger partial charge in [0, 0.05) is 19.7 Å². The highest BCUT2D eigenvalue weighted by atomic mass is 16.5. The monoisotopic (exact) mass is 169 g/mol. The van der Waals surface area contributed by atoms with Crippen LogP contribution in [0.2, 0.25) is 0 Å². The van der Waals surface area contributed by atoms with E-state index in [2.05, 4.69) is 11.8 Å². The van der Waals surface area contributed by atoms with Crippen LogP contribution in [-0.2, 0) is 4.74 Å². The van der Waals surface area contributed by atoms with Crippen LogP contribution in [0, 0.1) is 0 Å². The van der Waals surface area contributed by atoms with E-state index < -0.39 is 0 Å². The molecule has 2 rings (SSSR count). The summed E-state index contributed by atoms with van der Waals surface area (Å²) in [7, 11) is 0. The number of hydrogen-bond donors (Lipinski definition) is 0. The lowest BCUT2D eigenvalue weighted by atomic mass is 10.00. The molecule has 2 fully saturated rings. The number of hydrogen-bond acceptors (Lipinski definition) is 2. The molecule has 2 heterocycles. The summed E-state index contributed by atoms with van der Waals surface area (Å²) in [4.78, 5) is 2.55. The fourth-order valence-corrected chi connectivity index (χ4v) is 2.51. The molecule has 0 saturated carbocycles. The summed E-state index contributed by atoms with van der Waals surface area (Å²) >= 11 is 0. The first kappa shape index (κ1) is 8.52. The van der Waals surface area contributed by atoms with Crippen LogP contribution in [0.3, 0.4) is 0 Å². The van der Waals surface area contributed by atoms with Crippen molar-refractivity contribution in [2.75, 3.05) is 26.2 Å². The van der Waals surface area contributed by atoms with E-state index in [1.807, 2.05) is 0 Å². The summed E-state index contributed by atoms with van der Waals surface area (Å²) in [6, 6.07) is 0. The molecule has 0 bridgehead atoms. The van der Waals surface area contributed by atoms with Crippen molar-refractivity contribution in [1.29, 1.82) is 0 Å². The minimum atomic E-state index is 0.287. The highest BCUT2D eigenvalue weighted by Crippen LogP contribution is 2.34. The Balaban J connectivity index is 1.88. The van der Waals surface area contributed by atoms with E-state index in [4.69, 9.17) is 4.74 Å². The van der Waals surface area contributed by atoms with Crippen molar-refractivity contribution in [1.82, 2.24) is 4.90 Å². The molecule has 2 heteroatoms. The van der Waals surface area contributed by atoms with Gasteiger partial charge < -0.3 is 9.64 Å². The fourth-order valence-electron chi connectivity index (χ4n) is 2.51. The van der Waals surface area contributed by atoms with Gasteiger partial charge in [0.1, 0.15) is 0 Å². The van der Waals surface area contributed by atoms with Gasteiger partial charge in [-0.1, -0.05) is 6.92 Å². The Kier molecular flexibility index (Phi) is 2.37. The fraction of sp³-hybridized carbons (Fsp3) is 1.00. The SMILES string of the molecule is CCCN1CCC2(CCCO2)C1. The van der Waals surface area contributed by atoms with Crippen LogP contribution in [-0.4, -0.2) is 36.7 Å². The lowest BCUT2D eigenvalue weighted by molar-refractivity contribution is 0.0128. The summed E-state index contributed by atoms with van der Waals surface area (Å²) in [6.07, 6.45) is 5.12. The van der Waals surface area contributed by atoms with Gasteiger partial charge in [-0.2, -0.15) is 0 Å². The summed E-state index contributed by atoms with van der Waals surface area (Å²) < 4.78 is 5.84. The molecule has 70 valence electrons. The van der Waals surface area contributed by atoms with Crippen LogP contribution >= 0.6 is 0 Å². The van der Waals surface area contributed by atoms with E-state index in [0.717, 1.165) is 6.61 Å². The minimum absolute atomic E-state index is 0.287. The minimum Gasteiger partial charge on any atom is -0.374 e. The molecule has 0 aromatic rings. The molecule has 0 radical (unpaired) electrons. The Labute approximate surface area is 74.9 Å². The highest BCUT2D eigenvalue weighted by Gasteiger charge is 2.40. The van der Waals surface area contributed by atoms with Gasteiger partial charge in [0.05, 0.1) is 5.60 Å². The van der Waals surface area contributed by atoms with E-state index in [9.17, 15) is 0 Å². The van der Waals surface area contributed by atoms with Crippen LogP contribution in [0.5, 0.6) is 0 Å². The molecule has 1 spiro atoms. The first-order valence-corrected chi connectivity index (χ1v) is 5.21. The molecule has 1 atom stereocenters. The van der Waals surface area contributed by atoms with Gasteiger partial charge in [-0.3, -0.25) is 0 Å². The van der Waals surface area contributed by atoms with Crippen molar-refractivity contribution in [2.45, 2.75) is 38.2 Å². The maximum absolute atomic E-state index is 5.84. The smallest absolute Gasteiger partial charge is 0.0821 e. The van der Waals surface area contributed by atoms with Crippen LogP contribution in [0.25, 0.3) is 0 Å². The summed E-state index contributed by atoms with van der Waals surface area (Å²) in [5.74, 6) is 0. The summed E-state index contributed by atoms with van der Waals surface area (Å²) in [6.45, 7) is 6.96. The molecular weight excluding hydrogens is 150 g/mol. The standard InChI is InChI=1S/C10H19NO/c1-2-6-11-7-5-10(9-11)4-3-8-12-10/h2-9H2,1H3. The van der Waals surface area contributed by atoms with Crippen LogP contribution in [0.4, 0.5) is 0 Å². The molecule has 2 nitrogen and oxygen atoms in total. The van der Waals surface area contributed by atoms with Gasteiger partial charge in [0.25, 0.3) is 0 Å². The molecule has 0 aromatic carbocycles. The molecule has 0 N–H and O–H groups in total. The molecule has 1 unspecified atom stereocenters. The highest BCUT2D eigenvalue weighted by molar-refractivity contribution is 4.94. The van der Waals surface area contributed by atoms with Crippen molar-refractivity contribution in [3.8, 4) is 0 Å². The quantitative estimate of drug-likeness (QED) is 0.623. The Hall–Kier alpha value is -0.0800. The van der Waals surface area contributed by atoms with Crippen molar-refractivity contribution in [3.05, 3.63) is 0 Å². The lowest BCUT2D eigenvalue weighted by Gasteiger charge is -2.22. The van der Waals surface area contributed by atoms with Crippen molar-refractivity contribution in [3.63, 3.8) is 0 Å². The molecular formula is C10H19NO. The number of likely N-dealkylation sites (tertiary alicyclic amines) is 1. The first-order valence-electron chi connectivity index (χ1n) is 5.21. The molecule has 2 aliphatic rings. The largest absolute Gasteiger partial charge is 0.374 e. The zero-order valence-corrected chi connectivity index (χ0v) is 8.01. The average Bonchev–Trinajstić information content (AvgIpc) is 2.65. The van der Waals surface area contributed by atoms with E-state index in [1.165, 1.54) is 45.3 Å². The number of rotatable bonds is 2. The predicted octanol–water partition coefficient (Wildman–Crippen LogP) is 1.65. The van der Waals surface area contributed by atoms with Gasteiger partial charge in [0.2, 0.25) is 0 Å². The third kappa shape index (κ3) is 1.50. The predicted molar refractivity (Wildman–Crippen MR) is 49.3 cm³/mol. The second-order valence-electron chi connectivity index (χ2n) is 4.16. The van der Waals surface area contributed by atoms with Crippen LogP contribution in [0.1, 0.15) is 32.6 Å². The Morgan fingerprint density at radius 3 is 3.00 bits per heavy atom. The second-order valence-corrected chi connectivity index (χ2v) is 4.16. The molecule has 0 amide bonds. The summed E-state index contributed by atoms with van der Waals surface area (Å²) in [5, 5.41) is 0. The van der Waals surface area contributed by atoms with Gasteiger partial charge in [0.15, 0.2) is 0 Å². The average molecular weight is 169 g/mol. The van der Waals surface area contributed by atoms with Gasteiger partial charge in [-0.25, -0.2) is 0 Å². The third-order valence-electron chi connectivity index (χ3n) is 3.12. The normalized spacial score (nSPS) is 36.8. The third-order valence-corrected chi connectivity index (χ3v) is 3.12. The molecule has 0 aliphatic carbocycles. The van der Waals surface area contributed by atoms with Gasteiger partial charge >= 0.3 is 0 Å². The Morgan fingerprint density at radius 2 is 2.33 bits per heavy atom. The Bertz CT molecular complexity index is 152. The first-order chi connectivity index (χ1) is 5.85. The van der Waals surface area contributed by atoms with Crippen molar-refractivity contribution in [2.24, 2.45) is 0 Å². The molecule has 12 heavy (non-hydrogen) atoms. The molecule has 0 aromatic heterocycles. The molecule has 2 aliphatic heterocycles. The maximum Gasteiger partial charge on any atom is 0.0821 e. The number of ether oxygens (including phenoxy) is 1. The van der Waals surface area contributed by atoms with Crippen LogP contribution in [0.15, 0.2) is 0 Å². The van der Waals surface area contributed by atoms with Gasteiger partial charge in [-0.05, 0) is 32.2 Å². The van der Waals surface area contributed by atoms with Crippen molar-refractivity contribution >= 4 is 0 Å². The topological polar surface area (TPSA) is 12.5 Å². The maximum atomic E-state index is 5.84. The van der Waals surface area contributed by atoms with Crippen LogP contribution < -0.4 is 0 Å². The van der Waals surface area contributed by atoms with E-state index >= 15 is 0 Å². The summed E-state index contributed by atoms with van der Waals surface area (Å²) in [5.41, 5.74) is 0.287. The zero-order chi connectivity index (χ0) is 8.44. The second kappa shape index (κ2) is 3.35. The number of nitrogens with zero attached hydrogens (tertiary/aromatic N) is 1. The van der Waals surface area contributed by atoms with Gasteiger partial charge in [-0.15, -0.1) is 0 Å². The van der Waals surface area contributed by atoms with E-state index in [0.29, 0.717) is 0 Å². The Morgan fingerprint density at radius 1 is 1.42 bits per heavy atom. The molecule has 2 saturated heterocycles. The van der Waals surface area contributed by atoms with E-state index in [-0.39, 0.29) is 5.60 Å². The zero-order valence-electron chi connectivity index (χ0n) is 8.01.